The van der Waals surface area contributed by atoms with Gasteiger partial charge in [-0.15, -0.1) is 0 Å². The Morgan fingerprint density at radius 3 is 2.55 bits per heavy atom. The first-order valence-electron chi connectivity index (χ1n) is 7.72. The van der Waals surface area contributed by atoms with Crippen LogP contribution in [-0.4, -0.2) is 48.1 Å². The molecule has 0 radical (unpaired) electrons. The van der Waals surface area contributed by atoms with E-state index in [1.54, 1.807) is 0 Å². The summed E-state index contributed by atoms with van der Waals surface area (Å²) in [6.45, 7) is 6.84. The molecule has 2 saturated heterocycles. The van der Waals surface area contributed by atoms with Gasteiger partial charge in [-0.05, 0) is 31.7 Å². The number of nitrogen functional groups attached to an aromatic ring is 1. The molecule has 0 spiro atoms. The molecule has 2 aliphatic heterocycles. The summed E-state index contributed by atoms with van der Waals surface area (Å²) in [4.78, 5) is 13.6. The highest BCUT2D eigenvalue weighted by Crippen LogP contribution is 2.32. The lowest BCUT2D eigenvalue weighted by atomic mass is 10.0. The molecule has 3 rings (SSSR count). The average Bonchev–Trinajstić information content (AvgIpc) is 2.92. The van der Waals surface area contributed by atoms with E-state index < -0.39 is 0 Å². The Labute approximate surface area is 121 Å². The molecule has 1 aromatic heterocycles. The Bertz CT molecular complexity index is 461. The first-order chi connectivity index (χ1) is 9.65. The predicted molar refractivity (Wildman–Crippen MR) is 81.7 cm³/mol. The van der Waals surface area contributed by atoms with Crippen molar-refractivity contribution in [2.24, 2.45) is 11.8 Å². The van der Waals surface area contributed by atoms with Gasteiger partial charge in [0.1, 0.15) is 5.82 Å². The van der Waals surface area contributed by atoms with Crippen LogP contribution in [0.1, 0.15) is 25.5 Å². The summed E-state index contributed by atoms with van der Waals surface area (Å²) in [6.07, 6.45) is 3.34. The number of aryl methyl sites for hydroxylation is 1. The van der Waals surface area contributed by atoms with Crippen LogP contribution in [-0.2, 0) is 6.42 Å². The summed E-state index contributed by atoms with van der Waals surface area (Å²) in [5.74, 6) is 3.02. The summed E-state index contributed by atoms with van der Waals surface area (Å²) in [5, 5.41) is 0. The Balaban J connectivity index is 1.73. The molecular weight excluding hydrogens is 250 g/mol. The highest BCUT2D eigenvalue weighted by Gasteiger charge is 2.39. The molecule has 0 aliphatic carbocycles. The molecule has 1 aromatic rings. The van der Waals surface area contributed by atoms with Crippen LogP contribution >= 0.6 is 0 Å². The van der Waals surface area contributed by atoms with Crippen molar-refractivity contribution in [3.05, 3.63) is 11.8 Å². The quantitative estimate of drug-likeness (QED) is 0.900. The maximum absolute atomic E-state index is 5.88. The van der Waals surface area contributed by atoms with Crippen LogP contribution in [0.15, 0.2) is 6.07 Å². The number of nitrogens with two attached hydrogens (primary N) is 1. The zero-order chi connectivity index (χ0) is 14.1. The largest absolute Gasteiger partial charge is 0.368 e. The molecule has 110 valence electrons. The lowest BCUT2D eigenvalue weighted by Gasteiger charge is -2.21. The number of hydrogen-bond donors (Lipinski definition) is 1. The Morgan fingerprint density at radius 1 is 1.20 bits per heavy atom. The molecule has 0 aromatic carbocycles. The second-order valence-electron chi connectivity index (χ2n) is 6.33. The predicted octanol–water partition coefficient (Wildman–Crippen LogP) is 1.40. The van der Waals surface area contributed by atoms with Crippen molar-refractivity contribution in [3.8, 4) is 0 Å². The van der Waals surface area contributed by atoms with E-state index in [0.717, 1.165) is 49.3 Å². The van der Waals surface area contributed by atoms with Gasteiger partial charge in [-0.25, -0.2) is 4.98 Å². The van der Waals surface area contributed by atoms with Crippen LogP contribution in [0.3, 0.4) is 0 Å². The van der Waals surface area contributed by atoms with Crippen molar-refractivity contribution in [2.45, 2.75) is 26.2 Å². The molecule has 0 saturated carbocycles. The maximum Gasteiger partial charge on any atom is 0.222 e. The minimum absolute atomic E-state index is 0.419. The monoisotopic (exact) mass is 275 g/mol. The van der Waals surface area contributed by atoms with E-state index in [1.165, 1.54) is 19.5 Å². The fourth-order valence-electron chi connectivity index (χ4n) is 3.57. The Hall–Kier alpha value is -1.36. The van der Waals surface area contributed by atoms with Crippen molar-refractivity contribution >= 4 is 11.8 Å². The van der Waals surface area contributed by atoms with E-state index >= 15 is 0 Å². The third-order valence-electron chi connectivity index (χ3n) is 4.56. The topological polar surface area (TPSA) is 58.3 Å². The standard InChI is InChI=1S/C15H25N5/c1-3-4-5-13-6-14(18-15(16)17-13)20-9-11-7-19(2)8-12(11)10-20/h6,11-12H,3-5,7-10H2,1-2H3,(H2,16,17,18). The van der Waals surface area contributed by atoms with Gasteiger partial charge in [0.15, 0.2) is 0 Å². The number of unbranched alkanes of at least 4 members (excludes halogenated alkanes) is 1. The maximum atomic E-state index is 5.88. The van der Waals surface area contributed by atoms with Gasteiger partial charge in [-0.1, -0.05) is 13.3 Å². The van der Waals surface area contributed by atoms with Crippen molar-refractivity contribution in [1.29, 1.82) is 0 Å². The number of likely N-dealkylation sites (tertiary alicyclic amines) is 1. The fraction of sp³-hybridized carbons (Fsp3) is 0.733. The number of fused-ring (bicyclic) bond motifs is 1. The van der Waals surface area contributed by atoms with E-state index in [4.69, 9.17) is 5.73 Å². The molecule has 2 unspecified atom stereocenters. The molecule has 2 N–H and O–H groups in total. The van der Waals surface area contributed by atoms with Gasteiger partial charge in [0.2, 0.25) is 5.95 Å². The normalized spacial score (nSPS) is 26.2. The second kappa shape index (κ2) is 5.56. The van der Waals surface area contributed by atoms with Gasteiger partial charge in [0, 0.05) is 37.9 Å². The number of hydrogen-bond acceptors (Lipinski definition) is 5. The van der Waals surface area contributed by atoms with Crippen LogP contribution in [0.4, 0.5) is 11.8 Å². The molecule has 2 fully saturated rings. The second-order valence-corrected chi connectivity index (χ2v) is 6.33. The molecule has 0 amide bonds. The van der Waals surface area contributed by atoms with Crippen LogP contribution in [0, 0.1) is 11.8 Å². The van der Waals surface area contributed by atoms with E-state index in [9.17, 15) is 0 Å². The highest BCUT2D eigenvalue weighted by molar-refractivity contribution is 5.45. The van der Waals surface area contributed by atoms with Gasteiger partial charge < -0.3 is 15.5 Å². The van der Waals surface area contributed by atoms with Gasteiger partial charge in [-0.3, -0.25) is 0 Å². The van der Waals surface area contributed by atoms with Crippen molar-refractivity contribution in [3.63, 3.8) is 0 Å². The Kier molecular flexibility index (Phi) is 3.78. The molecule has 3 heterocycles. The van der Waals surface area contributed by atoms with E-state index in [0.29, 0.717) is 5.95 Å². The summed E-state index contributed by atoms with van der Waals surface area (Å²) >= 11 is 0. The number of anilines is 2. The van der Waals surface area contributed by atoms with E-state index in [1.807, 2.05) is 0 Å². The van der Waals surface area contributed by atoms with Crippen LogP contribution in [0.5, 0.6) is 0 Å². The molecule has 5 nitrogen and oxygen atoms in total. The lowest BCUT2D eigenvalue weighted by Crippen LogP contribution is -2.27. The zero-order valence-corrected chi connectivity index (χ0v) is 12.5. The number of nitrogens with zero attached hydrogens (tertiary/aromatic N) is 4. The van der Waals surface area contributed by atoms with E-state index in [2.05, 4.69) is 39.8 Å². The first-order valence-corrected chi connectivity index (χ1v) is 7.72. The molecule has 5 heteroatoms. The third-order valence-corrected chi connectivity index (χ3v) is 4.56. The van der Waals surface area contributed by atoms with Gasteiger partial charge in [0.05, 0.1) is 0 Å². The van der Waals surface area contributed by atoms with Crippen molar-refractivity contribution in [2.75, 3.05) is 43.9 Å². The third kappa shape index (κ3) is 2.73. The van der Waals surface area contributed by atoms with Gasteiger partial charge in [0.25, 0.3) is 0 Å². The van der Waals surface area contributed by atoms with E-state index in [-0.39, 0.29) is 0 Å². The smallest absolute Gasteiger partial charge is 0.222 e. The SMILES string of the molecule is CCCCc1cc(N2CC3CN(C)CC3C2)nc(N)n1. The number of rotatable bonds is 4. The van der Waals surface area contributed by atoms with Crippen molar-refractivity contribution in [1.82, 2.24) is 14.9 Å². The molecule has 0 bridgehead atoms. The lowest BCUT2D eigenvalue weighted by molar-refractivity contribution is 0.387. The highest BCUT2D eigenvalue weighted by atomic mass is 15.3. The van der Waals surface area contributed by atoms with Crippen LogP contribution < -0.4 is 10.6 Å². The summed E-state index contributed by atoms with van der Waals surface area (Å²) < 4.78 is 0. The van der Waals surface area contributed by atoms with Crippen molar-refractivity contribution < 1.29 is 0 Å². The summed E-state index contributed by atoms with van der Waals surface area (Å²) in [5.41, 5.74) is 6.97. The summed E-state index contributed by atoms with van der Waals surface area (Å²) in [6, 6.07) is 2.14. The summed E-state index contributed by atoms with van der Waals surface area (Å²) in [7, 11) is 2.22. The minimum atomic E-state index is 0.419. The Morgan fingerprint density at radius 2 is 1.90 bits per heavy atom. The first kappa shape index (κ1) is 13.6. The molecule has 2 aliphatic rings. The van der Waals surface area contributed by atoms with Gasteiger partial charge in [-0.2, -0.15) is 4.98 Å². The van der Waals surface area contributed by atoms with Crippen LogP contribution in [0.2, 0.25) is 0 Å². The molecule has 20 heavy (non-hydrogen) atoms. The average molecular weight is 275 g/mol. The number of aromatic nitrogens is 2. The van der Waals surface area contributed by atoms with Gasteiger partial charge >= 0.3 is 0 Å². The molecule has 2 atom stereocenters. The molecular formula is C15H25N5. The fourth-order valence-corrected chi connectivity index (χ4v) is 3.57. The zero-order valence-electron chi connectivity index (χ0n) is 12.5. The van der Waals surface area contributed by atoms with Crippen LogP contribution in [0.25, 0.3) is 0 Å². The minimum Gasteiger partial charge on any atom is -0.368 e.